The van der Waals surface area contributed by atoms with Crippen LogP contribution in [0.3, 0.4) is 0 Å². The van der Waals surface area contributed by atoms with Crippen molar-refractivity contribution in [2.45, 2.75) is 25.6 Å². The lowest BCUT2D eigenvalue weighted by Gasteiger charge is -2.30. The van der Waals surface area contributed by atoms with Gasteiger partial charge in [-0.2, -0.15) is 0 Å². The molecule has 86 valence electrons. The van der Waals surface area contributed by atoms with Crippen molar-refractivity contribution in [1.29, 1.82) is 0 Å². The third-order valence-corrected chi connectivity index (χ3v) is 3.94. The minimum Gasteiger partial charge on any atom is -0.373 e. The average molecular weight is 217 g/mol. The maximum atomic E-state index is 6.12. The van der Waals surface area contributed by atoms with E-state index in [9.17, 15) is 0 Å². The molecule has 0 radical (unpaired) electrons. The highest BCUT2D eigenvalue weighted by Crippen LogP contribution is 2.36. The Balaban J connectivity index is 1.59. The molecule has 1 aliphatic carbocycles. The van der Waals surface area contributed by atoms with Gasteiger partial charge >= 0.3 is 0 Å². The van der Waals surface area contributed by atoms with Crippen LogP contribution < -0.4 is 5.32 Å². The monoisotopic (exact) mass is 217 g/mol. The van der Waals surface area contributed by atoms with Gasteiger partial charge in [0.2, 0.25) is 0 Å². The quantitative estimate of drug-likeness (QED) is 0.838. The molecule has 3 rings (SSSR count). The summed E-state index contributed by atoms with van der Waals surface area (Å²) in [5.74, 6) is 1.50. The third kappa shape index (κ3) is 2.00. The normalized spacial score (nSPS) is 32.9. The molecule has 1 aliphatic heterocycles. The molecular weight excluding hydrogens is 198 g/mol. The van der Waals surface area contributed by atoms with Crippen LogP contribution in [0, 0.1) is 11.8 Å². The van der Waals surface area contributed by atoms with E-state index in [0.717, 1.165) is 31.5 Å². The van der Waals surface area contributed by atoms with E-state index in [1.807, 2.05) is 0 Å². The molecule has 2 nitrogen and oxygen atoms in total. The summed E-state index contributed by atoms with van der Waals surface area (Å²) in [6.45, 7) is 3.07. The summed E-state index contributed by atoms with van der Waals surface area (Å²) >= 11 is 0. The predicted octanol–water partition coefficient (Wildman–Crippen LogP) is 2.20. The van der Waals surface area contributed by atoms with Crippen LogP contribution >= 0.6 is 0 Å². The van der Waals surface area contributed by atoms with Gasteiger partial charge in [0.15, 0.2) is 0 Å². The number of hydrogen-bond donors (Lipinski definition) is 1. The van der Waals surface area contributed by atoms with Crippen LogP contribution in [-0.4, -0.2) is 19.2 Å². The summed E-state index contributed by atoms with van der Waals surface area (Å²) < 4.78 is 6.12. The molecule has 2 unspecified atom stereocenters. The standard InChI is InChI=1S/C14H19NO/c1-2-4-11(5-3-1)10-16-14-12-6-7-13(14)9-15-8-12/h1-5,12-15H,6-10H2. The van der Waals surface area contributed by atoms with Gasteiger partial charge in [-0.3, -0.25) is 0 Å². The largest absolute Gasteiger partial charge is 0.373 e. The van der Waals surface area contributed by atoms with E-state index in [0.29, 0.717) is 6.10 Å². The Labute approximate surface area is 97.0 Å². The van der Waals surface area contributed by atoms with Crippen molar-refractivity contribution in [2.75, 3.05) is 13.1 Å². The summed E-state index contributed by atoms with van der Waals surface area (Å²) in [5, 5.41) is 3.49. The summed E-state index contributed by atoms with van der Waals surface area (Å²) in [6.07, 6.45) is 3.19. The van der Waals surface area contributed by atoms with E-state index in [1.54, 1.807) is 0 Å². The van der Waals surface area contributed by atoms with Crippen LogP contribution in [0.1, 0.15) is 18.4 Å². The average Bonchev–Trinajstić information content (AvgIpc) is 2.57. The fourth-order valence-corrected chi connectivity index (χ4v) is 3.07. The summed E-state index contributed by atoms with van der Waals surface area (Å²) in [4.78, 5) is 0. The van der Waals surface area contributed by atoms with Crippen molar-refractivity contribution >= 4 is 0 Å². The van der Waals surface area contributed by atoms with Crippen LogP contribution in [-0.2, 0) is 11.3 Å². The number of rotatable bonds is 3. The van der Waals surface area contributed by atoms with E-state index >= 15 is 0 Å². The molecule has 1 saturated heterocycles. The van der Waals surface area contributed by atoms with Crippen LogP contribution in [0.5, 0.6) is 0 Å². The van der Waals surface area contributed by atoms with E-state index < -0.39 is 0 Å². The molecule has 2 fully saturated rings. The minimum atomic E-state index is 0.501. The molecule has 16 heavy (non-hydrogen) atoms. The first kappa shape index (κ1) is 10.3. The molecule has 2 bridgehead atoms. The number of hydrogen-bond acceptors (Lipinski definition) is 2. The van der Waals surface area contributed by atoms with E-state index in [-0.39, 0.29) is 0 Å². The second kappa shape index (κ2) is 4.56. The van der Waals surface area contributed by atoms with Crippen molar-refractivity contribution in [1.82, 2.24) is 5.32 Å². The highest BCUT2D eigenvalue weighted by atomic mass is 16.5. The zero-order chi connectivity index (χ0) is 10.8. The first-order valence-electron chi connectivity index (χ1n) is 6.30. The molecule has 1 aromatic rings. The first-order valence-corrected chi connectivity index (χ1v) is 6.30. The Hall–Kier alpha value is -0.860. The number of piperidine rings is 1. The highest BCUT2D eigenvalue weighted by Gasteiger charge is 2.39. The molecule has 1 aromatic carbocycles. The van der Waals surface area contributed by atoms with Crippen molar-refractivity contribution in [2.24, 2.45) is 11.8 Å². The van der Waals surface area contributed by atoms with Gasteiger partial charge in [0.25, 0.3) is 0 Å². The lowest BCUT2D eigenvalue weighted by atomic mass is 9.96. The molecule has 0 amide bonds. The Morgan fingerprint density at radius 2 is 1.75 bits per heavy atom. The number of fused-ring (bicyclic) bond motifs is 2. The SMILES string of the molecule is c1ccc(COC2C3CCC2CNC3)cc1. The molecule has 1 heterocycles. The number of nitrogens with one attached hydrogen (secondary N) is 1. The zero-order valence-corrected chi connectivity index (χ0v) is 9.56. The molecule has 1 saturated carbocycles. The molecule has 0 spiro atoms. The van der Waals surface area contributed by atoms with Crippen molar-refractivity contribution in [3.8, 4) is 0 Å². The second-order valence-corrected chi connectivity index (χ2v) is 5.02. The summed E-state index contributed by atoms with van der Waals surface area (Å²) in [5.41, 5.74) is 1.29. The van der Waals surface area contributed by atoms with Crippen molar-refractivity contribution in [3.05, 3.63) is 35.9 Å². The first-order chi connectivity index (χ1) is 7.93. The molecule has 2 aliphatic rings. The zero-order valence-electron chi connectivity index (χ0n) is 9.56. The van der Waals surface area contributed by atoms with Crippen LogP contribution in [0.25, 0.3) is 0 Å². The van der Waals surface area contributed by atoms with Gasteiger partial charge in [-0.1, -0.05) is 30.3 Å². The van der Waals surface area contributed by atoms with Gasteiger partial charge in [0, 0.05) is 13.1 Å². The lowest BCUT2D eigenvalue weighted by Crippen LogP contribution is -2.42. The summed E-state index contributed by atoms with van der Waals surface area (Å²) in [6, 6.07) is 10.5. The predicted molar refractivity (Wildman–Crippen MR) is 64.1 cm³/mol. The lowest BCUT2D eigenvalue weighted by molar-refractivity contribution is -0.0228. The highest BCUT2D eigenvalue weighted by molar-refractivity contribution is 5.13. The molecular formula is C14H19NO. The van der Waals surface area contributed by atoms with Crippen molar-refractivity contribution < 1.29 is 4.74 Å². The third-order valence-electron chi connectivity index (χ3n) is 3.94. The van der Waals surface area contributed by atoms with Crippen LogP contribution in [0.2, 0.25) is 0 Å². The molecule has 0 aromatic heterocycles. The maximum Gasteiger partial charge on any atom is 0.0720 e. The number of ether oxygens (including phenoxy) is 1. The van der Waals surface area contributed by atoms with Gasteiger partial charge in [-0.15, -0.1) is 0 Å². The van der Waals surface area contributed by atoms with Gasteiger partial charge in [-0.25, -0.2) is 0 Å². The second-order valence-electron chi connectivity index (χ2n) is 5.02. The smallest absolute Gasteiger partial charge is 0.0720 e. The molecule has 2 heteroatoms. The Morgan fingerprint density at radius 3 is 2.44 bits per heavy atom. The minimum absolute atomic E-state index is 0.501. The van der Waals surface area contributed by atoms with Gasteiger partial charge < -0.3 is 10.1 Å². The Kier molecular flexibility index (Phi) is 2.94. The number of benzene rings is 1. The molecule has 1 N–H and O–H groups in total. The molecule has 2 atom stereocenters. The summed E-state index contributed by atoms with van der Waals surface area (Å²) in [7, 11) is 0. The fourth-order valence-electron chi connectivity index (χ4n) is 3.07. The van der Waals surface area contributed by atoms with E-state index in [1.165, 1.54) is 18.4 Å². The van der Waals surface area contributed by atoms with Crippen LogP contribution in [0.15, 0.2) is 30.3 Å². The van der Waals surface area contributed by atoms with Crippen molar-refractivity contribution in [3.63, 3.8) is 0 Å². The Morgan fingerprint density at radius 1 is 1.06 bits per heavy atom. The van der Waals surface area contributed by atoms with Gasteiger partial charge in [-0.05, 0) is 30.2 Å². The van der Waals surface area contributed by atoms with Gasteiger partial charge in [0.05, 0.1) is 12.7 Å². The van der Waals surface area contributed by atoms with E-state index in [4.69, 9.17) is 4.74 Å². The van der Waals surface area contributed by atoms with Crippen LogP contribution in [0.4, 0.5) is 0 Å². The van der Waals surface area contributed by atoms with Gasteiger partial charge in [0.1, 0.15) is 0 Å². The fraction of sp³-hybridized carbons (Fsp3) is 0.571. The topological polar surface area (TPSA) is 21.3 Å². The Bertz CT molecular complexity index is 322. The van der Waals surface area contributed by atoms with E-state index in [2.05, 4.69) is 35.6 Å². The maximum absolute atomic E-state index is 6.12.